The van der Waals surface area contributed by atoms with Crippen LogP contribution in [0.25, 0.3) is 0 Å². The van der Waals surface area contributed by atoms with E-state index in [4.69, 9.17) is 9.47 Å². The van der Waals surface area contributed by atoms with Gasteiger partial charge in [-0.05, 0) is 31.9 Å². The van der Waals surface area contributed by atoms with E-state index in [0.717, 1.165) is 31.7 Å². The molecule has 1 aliphatic heterocycles. The summed E-state index contributed by atoms with van der Waals surface area (Å²) in [6.07, 6.45) is 2.21. The Morgan fingerprint density at radius 3 is 2.56 bits per heavy atom. The fourth-order valence-electron chi connectivity index (χ4n) is 2.02. The fourth-order valence-corrected chi connectivity index (χ4v) is 2.02. The third-order valence-electron chi connectivity index (χ3n) is 2.94. The van der Waals surface area contributed by atoms with Crippen LogP contribution in [0, 0.1) is 0 Å². The third-order valence-corrected chi connectivity index (χ3v) is 2.94. The van der Waals surface area contributed by atoms with E-state index >= 15 is 0 Å². The van der Waals surface area contributed by atoms with Gasteiger partial charge in [0.2, 0.25) is 0 Å². The second-order valence-electron chi connectivity index (χ2n) is 4.28. The summed E-state index contributed by atoms with van der Waals surface area (Å²) in [6, 6.07) is 7.37. The topological polar surface area (TPSA) is 38.8 Å². The third kappa shape index (κ3) is 3.39. The van der Waals surface area contributed by atoms with Crippen molar-refractivity contribution in [3.63, 3.8) is 0 Å². The van der Waals surface area contributed by atoms with Gasteiger partial charge in [-0.25, -0.2) is 0 Å². The Bertz CT molecular complexity index is 400. The molecule has 0 radical (unpaired) electrons. The van der Waals surface area contributed by atoms with Gasteiger partial charge in [-0.15, -0.1) is 0 Å². The minimum absolute atomic E-state index is 0.0642. The van der Waals surface area contributed by atoms with E-state index in [1.807, 2.05) is 30.0 Å². The molecule has 1 aliphatic rings. The number of likely N-dealkylation sites (tertiary alicyclic amines) is 1. The normalized spacial score (nSPS) is 14.6. The van der Waals surface area contributed by atoms with Crippen molar-refractivity contribution in [3.05, 3.63) is 24.3 Å². The molecular formula is C14H19NO3. The molecule has 1 heterocycles. The summed E-state index contributed by atoms with van der Waals surface area (Å²) in [5.74, 6) is 1.51. The summed E-state index contributed by atoms with van der Waals surface area (Å²) < 4.78 is 10.9. The summed E-state index contributed by atoms with van der Waals surface area (Å²) in [5, 5.41) is 0. The Kier molecular flexibility index (Phi) is 4.45. The summed E-state index contributed by atoms with van der Waals surface area (Å²) in [6.45, 7) is 4.39. The molecule has 98 valence electrons. The smallest absolute Gasteiger partial charge is 0.260 e. The highest BCUT2D eigenvalue weighted by Crippen LogP contribution is 2.19. The first-order chi connectivity index (χ1) is 8.79. The van der Waals surface area contributed by atoms with E-state index in [1.165, 1.54) is 0 Å². The molecule has 0 unspecified atom stereocenters. The Labute approximate surface area is 107 Å². The number of carbonyl (C=O) groups excluding carboxylic acids is 1. The molecule has 4 nitrogen and oxygen atoms in total. The van der Waals surface area contributed by atoms with Gasteiger partial charge in [-0.2, -0.15) is 0 Å². The molecule has 0 saturated carbocycles. The van der Waals surface area contributed by atoms with E-state index in [9.17, 15) is 4.79 Å². The van der Waals surface area contributed by atoms with E-state index in [2.05, 4.69) is 0 Å². The Morgan fingerprint density at radius 1 is 1.22 bits per heavy atom. The molecule has 0 N–H and O–H groups in total. The largest absolute Gasteiger partial charge is 0.494 e. The average molecular weight is 249 g/mol. The van der Waals surface area contributed by atoms with Crippen LogP contribution in [0.1, 0.15) is 19.8 Å². The maximum absolute atomic E-state index is 11.8. The van der Waals surface area contributed by atoms with Crippen molar-refractivity contribution in [2.75, 3.05) is 26.3 Å². The zero-order valence-corrected chi connectivity index (χ0v) is 10.7. The molecule has 18 heavy (non-hydrogen) atoms. The maximum atomic E-state index is 11.8. The zero-order chi connectivity index (χ0) is 12.8. The first-order valence-corrected chi connectivity index (χ1v) is 6.43. The first-order valence-electron chi connectivity index (χ1n) is 6.43. The van der Waals surface area contributed by atoms with Crippen LogP contribution in [0.4, 0.5) is 0 Å². The van der Waals surface area contributed by atoms with Crippen LogP contribution < -0.4 is 9.47 Å². The van der Waals surface area contributed by atoms with Gasteiger partial charge < -0.3 is 14.4 Å². The van der Waals surface area contributed by atoms with Crippen molar-refractivity contribution in [1.82, 2.24) is 4.90 Å². The van der Waals surface area contributed by atoms with Gasteiger partial charge in [-0.1, -0.05) is 6.07 Å². The lowest BCUT2D eigenvalue weighted by Gasteiger charge is -2.15. The van der Waals surface area contributed by atoms with Crippen molar-refractivity contribution in [3.8, 4) is 11.5 Å². The summed E-state index contributed by atoms with van der Waals surface area (Å²) in [4.78, 5) is 13.7. The van der Waals surface area contributed by atoms with Crippen molar-refractivity contribution in [2.24, 2.45) is 0 Å². The number of hydrogen-bond acceptors (Lipinski definition) is 3. The van der Waals surface area contributed by atoms with E-state index < -0.39 is 0 Å². The number of ether oxygens (including phenoxy) is 2. The van der Waals surface area contributed by atoms with Crippen LogP contribution in [-0.2, 0) is 4.79 Å². The SMILES string of the molecule is CCOc1cccc(OCC(=O)N2CCCC2)c1. The number of hydrogen-bond donors (Lipinski definition) is 0. The molecule has 0 aliphatic carbocycles. The van der Waals surface area contributed by atoms with Crippen LogP contribution in [-0.4, -0.2) is 37.1 Å². The lowest BCUT2D eigenvalue weighted by molar-refractivity contribution is -0.132. The van der Waals surface area contributed by atoms with Gasteiger partial charge in [-0.3, -0.25) is 4.79 Å². The van der Waals surface area contributed by atoms with Crippen molar-refractivity contribution in [1.29, 1.82) is 0 Å². The standard InChI is InChI=1S/C14H19NO3/c1-2-17-12-6-5-7-13(10-12)18-11-14(16)15-8-3-4-9-15/h5-7,10H,2-4,8-9,11H2,1H3. The average Bonchev–Trinajstić information content (AvgIpc) is 2.91. The van der Waals surface area contributed by atoms with Crippen LogP contribution in [0.2, 0.25) is 0 Å². The van der Waals surface area contributed by atoms with Crippen LogP contribution >= 0.6 is 0 Å². The molecule has 4 heteroatoms. The molecule has 1 saturated heterocycles. The molecule has 2 rings (SSSR count). The highest BCUT2D eigenvalue weighted by Gasteiger charge is 2.18. The first kappa shape index (κ1) is 12.7. The molecule has 0 bridgehead atoms. The number of amides is 1. The van der Waals surface area contributed by atoms with Crippen LogP contribution in [0.15, 0.2) is 24.3 Å². The summed E-state index contributed by atoms with van der Waals surface area (Å²) in [5.41, 5.74) is 0. The van der Waals surface area contributed by atoms with Gasteiger partial charge in [0.1, 0.15) is 11.5 Å². The number of nitrogens with zero attached hydrogens (tertiary/aromatic N) is 1. The van der Waals surface area contributed by atoms with E-state index in [0.29, 0.717) is 12.4 Å². The quantitative estimate of drug-likeness (QED) is 0.802. The van der Waals surface area contributed by atoms with Crippen molar-refractivity contribution >= 4 is 5.91 Å². The Balaban J connectivity index is 1.85. The van der Waals surface area contributed by atoms with Gasteiger partial charge in [0, 0.05) is 19.2 Å². The van der Waals surface area contributed by atoms with E-state index in [1.54, 1.807) is 6.07 Å². The minimum atomic E-state index is 0.0642. The minimum Gasteiger partial charge on any atom is -0.494 e. The Hall–Kier alpha value is -1.71. The molecule has 1 aromatic carbocycles. The molecule has 1 fully saturated rings. The van der Waals surface area contributed by atoms with Gasteiger partial charge in [0.05, 0.1) is 6.61 Å². The monoisotopic (exact) mass is 249 g/mol. The van der Waals surface area contributed by atoms with Crippen LogP contribution in [0.5, 0.6) is 11.5 Å². The zero-order valence-electron chi connectivity index (χ0n) is 10.7. The summed E-state index contributed by atoms with van der Waals surface area (Å²) >= 11 is 0. The fraction of sp³-hybridized carbons (Fsp3) is 0.500. The molecule has 0 aromatic heterocycles. The molecule has 1 aromatic rings. The lowest BCUT2D eigenvalue weighted by atomic mass is 10.3. The van der Waals surface area contributed by atoms with Gasteiger partial charge in [0.15, 0.2) is 6.61 Å². The van der Waals surface area contributed by atoms with E-state index in [-0.39, 0.29) is 12.5 Å². The second-order valence-corrected chi connectivity index (χ2v) is 4.28. The van der Waals surface area contributed by atoms with Crippen molar-refractivity contribution in [2.45, 2.75) is 19.8 Å². The number of benzene rings is 1. The molecular weight excluding hydrogens is 230 g/mol. The number of rotatable bonds is 5. The Morgan fingerprint density at radius 2 is 1.89 bits per heavy atom. The summed E-state index contributed by atoms with van der Waals surface area (Å²) in [7, 11) is 0. The highest BCUT2D eigenvalue weighted by atomic mass is 16.5. The highest BCUT2D eigenvalue weighted by molar-refractivity contribution is 5.78. The number of carbonyl (C=O) groups is 1. The van der Waals surface area contributed by atoms with Gasteiger partial charge >= 0.3 is 0 Å². The predicted molar refractivity (Wildman–Crippen MR) is 68.9 cm³/mol. The molecule has 0 atom stereocenters. The maximum Gasteiger partial charge on any atom is 0.260 e. The van der Waals surface area contributed by atoms with Crippen LogP contribution in [0.3, 0.4) is 0 Å². The molecule has 1 amide bonds. The van der Waals surface area contributed by atoms with Gasteiger partial charge in [0.25, 0.3) is 5.91 Å². The predicted octanol–water partition coefficient (Wildman–Crippen LogP) is 2.09. The molecule has 0 spiro atoms. The van der Waals surface area contributed by atoms with Crippen molar-refractivity contribution < 1.29 is 14.3 Å². The lowest BCUT2D eigenvalue weighted by Crippen LogP contribution is -2.32. The second kappa shape index (κ2) is 6.28.